The zero-order chi connectivity index (χ0) is 64.3. The Morgan fingerprint density at radius 1 is 0.310 bits per heavy atom. The summed E-state index contributed by atoms with van der Waals surface area (Å²) in [6.07, 6.45) is 44.6. The molecule has 0 heterocycles. The van der Waals surface area contributed by atoms with E-state index in [1.807, 2.05) is 0 Å². The number of unbranched alkanes of at least 4 members (excludes halogenated alkanes) is 37. The minimum Gasteiger partial charge on any atom is -0.462 e. The molecule has 0 bridgehead atoms. The van der Waals surface area contributed by atoms with Crippen LogP contribution in [0.3, 0.4) is 0 Å². The van der Waals surface area contributed by atoms with Gasteiger partial charge in [0.1, 0.15) is 19.3 Å². The molecule has 87 heavy (non-hydrogen) atoms. The van der Waals surface area contributed by atoms with Crippen molar-refractivity contribution in [2.24, 2.45) is 11.8 Å². The number of carbonyl (C=O) groups is 4. The van der Waals surface area contributed by atoms with Gasteiger partial charge in [-0.25, -0.2) is 9.13 Å². The van der Waals surface area contributed by atoms with Gasteiger partial charge in [-0.05, 0) is 37.5 Å². The summed E-state index contributed by atoms with van der Waals surface area (Å²) in [5.41, 5.74) is 0. The van der Waals surface area contributed by atoms with Crippen LogP contribution >= 0.6 is 15.6 Å². The molecule has 0 amide bonds. The maximum Gasteiger partial charge on any atom is 0.472 e. The van der Waals surface area contributed by atoms with Gasteiger partial charge >= 0.3 is 39.5 Å². The molecule has 0 fully saturated rings. The first-order chi connectivity index (χ1) is 41.9. The second kappa shape index (κ2) is 60.3. The average molecular weight is 1280 g/mol. The standard InChI is InChI=1S/C68H132O17P2/c1-7-9-11-13-15-16-26-34-40-46-52-67(72)84-63(56-78-65(70)50-44-38-30-14-12-10-8-2)58-82-86(74,75)80-54-62(69)55-81-87(76,77)83-59-64(57-79-66(71)51-45-39-33-29-28-32-37-43-49-61(5)6)85-68(73)53-47-41-35-27-24-22-20-18-17-19-21-23-25-31-36-42-48-60(3)4/h60-64,69H,7-59H2,1-6H3,(H,74,75)(H,76,77)/t62-,63+,64+/m0/s1. The number of aliphatic hydroxyl groups is 1. The van der Waals surface area contributed by atoms with E-state index in [-0.39, 0.29) is 25.7 Å². The topological polar surface area (TPSA) is 237 Å². The molecule has 0 aromatic rings. The third-order valence-electron chi connectivity index (χ3n) is 15.7. The van der Waals surface area contributed by atoms with E-state index >= 15 is 0 Å². The van der Waals surface area contributed by atoms with Crippen molar-refractivity contribution >= 4 is 39.5 Å². The molecular weight excluding hydrogens is 1150 g/mol. The molecule has 19 heteroatoms. The highest BCUT2D eigenvalue weighted by atomic mass is 31.2. The molecule has 0 aliphatic rings. The van der Waals surface area contributed by atoms with Crippen LogP contribution in [0.4, 0.5) is 0 Å². The second-order valence-corrected chi connectivity index (χ2v) is 28.4. The number of rotatable bonds is 67. The normalized spacial score (nSPS) is 14.2. The molecule has 0 radical (unpaired) electrons. The number of hydrogen-bond acceptors (Lipinski definition) is 15. The molecule has 5 atom stereocenters. The number of esters is 4. The molecule has 17 nitrogen and oxygen atoms in total. The largest absolute Gasteiger partial charge is 0.472 e. The third-order valence-corrected chi connectivity index (χ3v) is 17.6. The van der Waals surface area contributed by atoms with Crippen molar-refractivity contribution in [3.63, 3.8) is 0 Å². The smallest absolute Gasteiger partial charge is 0.462 e. The van der Waals surface area contributed by atoms with Gasteiger partial charge in [-0.2, -0.15) is 0 Å². The number of carbonyl (C=O) groups excluding carboxylic acids is 4. The van der Waals surface area contributed by atoms with Crippen molar-refractivity contribution in [3.05, 3.63) is 0 Å². The van der Waals surface area contributed by atoms with Crippen LogP contribution in [-0.4, -0.2) is 96.7 Å². The maximum absolute atomic E-state index is 13.0. The van der Waals surface area contributed by atoms with Gasteiger partial charge in [-0.15, -0.1) is 0 Å². The molecular formula is C68H132O17P2. The van der Waals surface area contributed by atoms with E-state index < -0.39 is 97.5 Å². The van der Waals surface area contributed by atoms with Crippen molar-refractivity contribution < 1.29 is 80.2 Å². The van der Waals surface area contributed by atoms with Crippen LogP contribution < -0.4 is 0 Å². The predicted molar refractivity (Wildman–Crippen MR) is 349 cm³/mol. The fourth-order valence-corrected chi connectivity index (χ4v) is 11.8. The monoisotopic (exact) mass is 1280 g/mol. The van der Waals surface area contributed by atoms with Crippen LogP contribution in [0.25, 0.3) is 0 Å². The van der Waals surface area contributed by atoms with Crippen LogP contribution in [0, 0.1) is 11.8 Å². The number of phosphoric acid groups is 2. The summed E-state index contributed by atoms with van der Waals surface area (Å²) in [6.45, 7) is 9.48. The summed E-state index contributed by atoms with van der Waals surface area (Å²) in [5.74, 6) is -0.597. The average Bonchev–Trinajstić information content (AvgIpc) is 3.57. The first-order valence-corrected chi connectivity index (χ1v) is 38.5. The lowest BCUT2D eigenvalue weighted by molar-refractivity contribution is -0.161. The van der Waals surface area contributed by atoms with Gasteiger partial charge in [0.05, 0.1) is 26.4 Å². The van der Waals surface area contributed by atoms with E-state index in [9.17, 15) is 43.2 Å². The van der Waals surface area contributed by atoms with Crippen LogP contribution in [0.2, 0.25) is 0 Å². The number of hydrogen-bond donors (Lipinski definition) is 3. The van der Waals surface area contributed by atoms with Gasteiger partial charge in [-0.1, -0.05) is 292 Å². The first-order valence-electron chi connectivity index (χ1n) is 35.5. The molecule has 516 valence electrons. The van der Waals surface area contributed by atoms with Gasteiger partial charge in [0.2, 0.25) is 0 Å². The first kappa shape index (κ1) is 85.1. The lowest BCUT2D eigenvalue weighted by Crippen LogP contribution is -2.30. The van der Waals surface area contributed by atoms with Gasteiger partial charge in [-0.3, -0.25) is 37.3 Å². The Bertz CT molecular complexity index is 1700. The SMILES string of the molecule is CCCCCCCCCCCCC(=O)O[C@H](COC(=O)CCCCCCCCC)COP(=O)(O)OC[C@H](O)COP(=O)(O)OC[C@@H](COC(=O)CCCCCCCCCCC(C)C)OC(=O)CCCCCCCCCCCCCCCCCCC(C)C. The number of ether oxygens (including phenoxy) is 4. The van der Waals surface area contributed by atoms with Gasteiger partial charge < -0.3 is 33.8 Å². The molecule has 0 saturated carbocycles. The summed E-state index contributed by atoms with van der Waals surface area (Å²) >= 11 is 0. The fourth-order valence-electron chi connectivity index (χ4n) is 10.2. The van der Waals surface area contributed by atoms with Crippen molar-refractivity contribution in [1.82, 2.24) is 0 Å². The number of aliphatic hydroxyl groups excluding tert-OH is 1. The molecule has 0 aromatic heterocycles. The molecule has 3 N–H and O–H groups in total. The molecule has 0 aliphatic heterocycles. The lowest BCUT2D eigenvalue weighted by Gasteiger charge is -2.21. The summed E-state index contributed by atoms with van der Waals surface area (Å²) in [6, 6.07) is 0. The van der Waals surface area contributed by atoms with Crippen molar-refractivity contribution in [2.75, 3.05) is 39.6 Å². The van der Waals surface area contributed by atoms with E-state index in [4.69, 9.17) is 37.0 Å². The zero-order valence-corrected chi connectivity index (χ0v) is 58.1. The third kappa shape index (κ3) is 62.6. The Morgan fingerprint density at radius 2 is 0.529 bits per heavy atom. The van der Waals surface area contributed by atoms with Gasteiger partial charge in [0, 0.05) is 25.7 Å². The zero-order valence-electron chi connectivity index (χ0n) is 56.3. The van der Waals surface area contributed by atoms with E-state index in [1.165, 1.54) is 148 Å². The Kier molecular flexibility index (Phi) is 59.0. The highest BCUT2D eigenvalue weighted by Crippen LogP contribution is 2.45. The van der Waals surface area contributed by atoms with Crippen molar-refractivity contribution in [2.45, 2.75) is 362 Å². The quantitative estimate of drug-likeness (QED) is 0.0222. The Labute approximate surface area is 530 Å². The maximum atomic E-state index is 13.0. The molecule has 0 aromatic carbocycles. The molecule has 0 aliphatic carbocycles. The van der Waals surface area contributed by atoms with Crippen LogP contribution in [0.15, 0.2) is 0 Å². The second-order valence-electron chi connectivity index (χ2n) is 25.5. The summed E-state index contributed by atoms with van der Waals surface area (Å²) < 4.78 is 68.0. The van der Waals surface area contributed by atoms with Crippen LogP contribution in [0.1, 0.15) is 343 Å². The van der Waals surface area contributed by atoms with Crippen molar-refractivity contribution in [1.29, 1.82) is 0 Å². The minimum atomic E-state index is -4.95. The summed E-state index contributed by atoms with van der Waals surface area (Å²) in [5, 5.41) is 10.5. The molecule has 0 saturated heterocycles. The summed E-state index contributed by atoms with van der Waals surface area (Å²) in [7, 11) is -9.89. The highest BCUT2D eigenvalue weighted by Gasteiger charge is 2.30. The predicted octanol–water partition coefficient (Wildman–Crippen LogP) is 19.2. The number of phosphoric ester groups is 2. The fraction of sp³-hybridized carbons (Fsp3) is 0.941. The van der Waals surface area contributed by atoms with Crippen LogP contribution in [0.5, 0.6) is 0 Å². The Morgan fingerprint density at radius 3 is 0.782 bits per heavy atom. The summed E-state index contributed by atoms with van der Waals surface area (Å²) in [4.78, 5) is 72.2. The minimum absolute atomic E-state index is 0.106. The van der Waals surface area contributed by atoms with Gasteiger partial charge in [0.25, 0.3) is 0 Å². The molecule has 0 spiro atoms. The van der Waals surface area contributed by atoms with Crippen molar-refractivity contribution in [3.8, 4) is 0 Å². The molecule has 0 rings (SSSR count). The van der Waals surface area contributed by atoms with E-state index in [1.54, 1.807) is 0 Å². The van der Waals surface area contributed by atoms with E-state index in [0.29, 0.717) is 25.7 Å². The lowest BCUT2D eigenvalue weighted by atomic mass is 10.0. The van der Waals surface area contributed by atoms with E-state index in [0.717, 1.165) is 115 Å². The highest BCUT2D eigenvalue weighted by molar-refractivity contribution is 7.47. The van der Waals surface area contributed by atoms with E-state index in [2.05, 4.69) is 41.5 Å². The Balaban J connectivity index is 5.16. The van der Waals surface area contributed by atoms with Gasteiger partial charge in [0.15, 0.2) is 12.2 Å². The van der Waals surface area contributed by atoms with Crippen LogP contribution in [-0.2, 0) is 65.4 Å². The molecule has 2 unspecified atom stereocenters. The Hall–Kier alpha value is -1.94.